The maximum Gasteiger partial charge on any atom is 0.279 e. The Bertz CT molecular complexity index is 588. The van der Waals surface area contributed by atoms with Crippen LogP contribution in [0.25, 0.3) is 0 Å². The van der Waals surface area contributed by atoms with Gasteiger partial charge in [0.25, 0.3) is 10.2 Å². The van der Waals surface area contributed by atoms with E-state index >= 15 is 0 Å². The molecule has 0 saturated carbocycles. The van der Waals surface area contributed by atoms with E-state index in [1.54, 1.807) is 7.05 Å². The van der Waals surface area contributed by atoms with Gasteiger partial charge in [-0.15, -0.1) is 0 Å². The Hall–Kier alpha value is -1.39. The van der Waals surface area contributed by atoms with Gasteiger partial charge in [-0.3, -0.25) is 0 Å². The molecule has 0 aliphatic rings. The van der Waals surface area contributed by atoms with Gasteiger partial charge in [-0.2, -0.15) is 12.7 Å². The van der Waals surface area contributed by atoms with Crippen molar-refractivity contribution in [3.8, 4) is 11.8 Å². The lowest BCUT2D eigenvalue weighted by Crippen LogP contribution is -2.38. The fourth-order valence-corrected chi connectivity index (χ4v) is 2.59. The van der Waals surface area contributed by atoms with Gasteiger partial charge in [-0.1, -0.05) is 30.9 Å². The van der Waals surface area contributed by atoms with Gasteiger partial charge in [-0.25, -0.2) is 4.72 Å². The SMILES string of the molecule is CCCNS(=O)(=O)N(C)Cc1cccc(C#CCN)c1. The van der Waals surface area contributed by atoms with Crippen molar-refractivity contribution >= 4 is 10.2 Å². The largest absolute Gasteiger partial charge is 0.320 e. The van der Waals surface area contributed by atoms with Crippen LogP contribution < -0.4 is 10.5 Å². The monoisotopic (exact) mass is 295 g/mol. The van der Waals surface area contributed by atoms with Gasteiger partial charge in [0.1, 0.15) is 0 Å². The Morgan fingerprint density at radius 3 is 2.80 bits per heavy atom. The summed E-state index contributed by atoms with van der Waals surface area (Å²) >= 11 is 0. The van der Waals surface area contributed by atoms with Crippen LogP contribution in [0.1, 0.15) is 24.5 Å². The molecule has 0 fully saturated rings. The lowest BCUT2D eigenvalue weighted by molar-refractivity contribution is 0.455. The fraction of sp³-hybridized carbons (Fsp3) is 0.429. The summed E-state index contributed by atoms with van der Waals surface area (Å²) in [4.78, 5) is 0. The molecule has 110 valence electrons. The van der Waals surface area contributed by atoms with Crippen molar-refractivity contribution in [2.45, 2.75) is 19.9 Å². The molecule has 3 N–H and O–H groups in total. The van der Waals surface area contributed by atoms with Crippen LogP contribution in [0.3, 0.4) is 0 Å². The minimum Gasteiger partial charge on any atom is -0.320 e. The first-order valence-electron chi connectivity index (χ1n) is 6.48. The number of nitrogens with zero attached hydrogens (tertiary/aromatic N) is 1. The molecule has 0 spiro atoms. The van der Waals surface area contributed by atoms with Crippen LogP contribution in [0.4, 0.5) is 0 Å². The van der Waals surface area contributed by atoms with Gasteiger partial charge in [-0.05, 0) is 24.1 Å². The second kappa shape index (κ2) is 8.02. The van der Waals surface area contributed by atoms with E-state index in [0.29, 0.717) is 19.6 Å². The number of nitrogens with two attached hydrogens (primary N) is 1. The lowest BCUT2D eigenvalue weighted by atomic mass is 10.1. The van der Waals surface area contributed by atoms with Gasteiger partial charge in [0.2, 0.25) is 0 Å². The fourth-order valence-electron chi connectivity index (χ4n) is 1.58. The third-order valence-electron chi connectivity index (χ3n) is 2.61. The molecule has 0 radical (unpaired) electrons. The minimum atomic E-state index is -3.42. The highest BCUT2D eigenvalue weighted by Gasteiger charge is 2.16. The molecule has 20 heavy (non-hydrogen) atoms. The highest BCUT2D eigenvalue weighted by Crippen LogP contribution is 2.08. The minimum absolute atomic E-state index is 0.303. The van der Waals surface area contributed by atoms with Crippen molar-refractivity contribution in [3.63, 3.8) is 0 Å². The number of benzene rings is 1. The van der Waals surface area contributed by atoms with E-state index in [1.807, 2.05) is 31.2 Å². The van der Waals surface area contributed by atoms with Crippen LogP contribution in [0.5, 0.6) is 0 Å². The Morgan fingerprint density at radius 1 is 1.40 bits per heavy atom. The summed E-state index contributed by atoms with van der Waals surface area (Å²) in [6, 6.07) is 7.47. The van der Waals surface area contributed by atoms with Crippen molar-refractivity contribution in [1.29, 1.82) is 0 Å². The molecule has 0 amide bonds. The van der Waals surface area contributed by atoms with E-state index in [4.69, 9.17) is 5.73 Å². The van der Waals surface area contributed by atoms with Gasteiger partial charge in [0.15, 0.2) is 0 Å². The first-order chi connectivity index (χ1) is 9.49. The normalized spacial score (nSPS) is 11.2. The zero-order chi connectivity index (χ0) is 15.0. The van der Waals surface area contributed by atoms with Crippen molar-refractivity contribution in [2.24, 2.45) is 5.73 Å². The summed E-state index contributed by atoms with van der Waals surface area (Å²) in [6.07, 6.45) is 0.761. The van der Waals surface area contributed by atoms with Crippen molar-refractivity contribution in [2.75, 3.05) is 20.1 Å². The van der Waals surface area contributed by atoms with Crippen LogP contribution in [0.2, 0.25) is 0 Å². The van der Waals surface area contributed by atoms with Crippen molar-refractivity contribution in [1.82, 2.24) is 9.03 Å². The Balaban J connectivity index is 2.77. The maximum absolute atomic E-state index is 11.9. The molecule has 0 aliphatic carbocycles. The smallest absolute Gasteiger partial charge is 0.279 e. The molecule has 5 nitrogen and oxygen atoms in total. The molecule has 0 atom stereocenters. The summed E-state index contributed by atoms with van der Waals surface area (Å²) in [5.41, 5.74) is 7.05. The molecule has 0 bridgehead atoms. The topological polar surface area (TPSA) is 75.4 Å². The summed E-state index contributed by atoms with van der Waals surface area (Å²) in [5.74, 6) is 5.71. The van der Waals surface area contributed by atoms with Crippen LogP contribution in [0.15, 0.2) is 24.3 Å². The molecule has 0 aliphatic heterocycles. The molecule has 1 rings (SSSR count). The van der Waals surface area contributed by atoms with E-state index in [2.05, 4.69) is 16.6 Å². The molecule has 0 unspecified atom stereocenters. The highest BCUT2D eigenvalue weighted by molar-refractivity contribution is 7.87. The summed E-state index contributed by atoms with van der Waals surface area (Å²) < 4.78 is 27.7. The second-order valence-corrected chi connectivity index (χ2v) is 6.22. The summed E-state index contributed by atoms with van der Waals surface area (Å²) in [5, 5.41) is 0. The summed E-state index contributed by atoms with van der Waals surface area (Å²) in [7, 11) is -1.87. The van der Waals surface area contributed by atoms with E-state index in [9.17, 15) is 8.42 Å². The predicted octanol–water partition coefficient (Wildman–Crippen LogP) is 0.673. The third kappa shape index (κ3) is 5.31. The Kier molecular flexibility index (Phi) is 6.68. The van der Waals surface area contributed by atoms with Crippen LogP contribution in [0, 0.1) is 11.8 Å². The molecular formula is C14H21N3O2S. The van der Waals surface area contributed by atoms with Gasteiger partial charge < -0.3 is 5.73 Å². The van der Waals surface area contributed by atoms with Crippen LogP contribution in [-0.2, 0) is 16.8 Å². The molecule has 0 saturated heterocycles. The lowest BCUT2D eigenvalue weighted by Gasteiger charge is -2.17. The Morgan fingerprint density at radius 2 is 2.15 bits per heavy atom. The number of hydrogen-bond donors (Lipinski definition) is 2. The zero-order valence-electron chi connectivity index (χ0n) is 11.9. The van der Waals surface area contributed by atoms with Gasteiger partial charge in [0, 0.05) is 25.7 Å². The first kappa shape index (κ1) is 16.7. The highest BCUT2D eigenvalue weighted by atomic mass is 32.2. The standard InChI is InChI=1S/C14H21N3O2S/c1-3-10-16-20(18,19)17(2)12-14-7-4-6-13(11-14)8-5-9-15/h4,6-7,11,16H,3,9-10,12,15H2,1-2H3. The van der Waals surface area contributed by atoms with Crippen LogP contribution in [-0.4, -0.2) is 32.9 Å². The van der Waals surface area contributed by atoms with E-state index < -0.39 is 10.2 Å². The first-order valence-corrected chi connectivity index (χ1v) is 7.92. The number of hydrogen-bond acceptors (Lipinski definition) is 3. The maximum atomic E-state index is 11.9. The van der Waals surface area contributed by atoms with Crippen molar-refractivity contribution in [3.05, 3.63) is 35.4 Å². The number of nitrogens with one attached hydrogen (secondary N) is 1. The van der Waals surface area contributed by atoms with E-state index in [0.717, 1.165) is 17.5 Å². The molecule has 6 heteroatoms. The zero-order valence-corrected chi connectivity index (χ0v) is 12.7. The van der Waals surface area contributed by atoms with Crippen LogP contribution >= 0.6 is 0 Å². The second-order valence-electron chi connectivity index (χ2n) is 4.36. The average Bonchev–Trinajstić information content (AvgIpc) is 2.43. The third-order valence-corrected chi connectivity index (χ3v) is 4.13. The molecule has 0 heterocycles. The van der Waals surface area contributed by atoms with E-state index in [-0.39, 0.29) is 0 Å². The van der Waals surface area contributed by atoms with Crippen molar-refractivity contribution < 1.29 is 8.42 Å². The predicted molar refractivity (Wildman–Crippen MR) is 81.1 cm³/mol. The quantitative estimate of drug-likeness (QED) is 0.758. The molecular weight excluding hydrogens is 274 g/mol. The molecule has 0 aromatic heterocycles. The van der Waals surface area contributed by atoms with Gasteiger partial charge >= 0.3 is 0 Å². The Labute approximate surface area is 121 Å². The summed E-state index contributed by atoms with van der Waals surface area (Å²) in [6.45, 7) is 2.97. The molecule has 1 aromatic carbocycles. The molecule has 1 aromatic rings. The number of rotatable bonds is 6. The van der Waals surface area contributed by atoms with Gasteiger partial charge in [0.05, 0.1) is 6.54 Å². The van der Waals surface area contributed by atoms with E-state index in [1.165, 1.54) is 4.31 Å². The average molecular weight is 295 g/mol.